The van der Waals surface area contributed by atoms with Crippen molar-refractivity contribution < 1.29 is 9.47 Å². The summed E-state index contributed by atoms with van der Waals surface area (Å²) in [5.74, 6) is 5.16. The number of hydrogen-bond acceptors (Lipinski definition) is 12. The van der Waals surface area contributed by atoms with Crippen LogP contribution in [0.4, 0.5) is 34.6 Å². The Morgan fingerprint density at radius 1 is 0.380 bits per heavy atom. The minimum atomic E-state index is 0.201. The monoisotopic (exact) mass is 1100 g/mol. The Hall–Kier alpha value is -6.50. The fourth-order valence-corrected chi connectivity index (χ4v) is 13.1. The van der Waals surface area contributed by atoms with E-state index in [1.165, 1.54) is 117 Å². The predicted octanol–water partition coefficient (Wildman–Crippen LogP) is 16.3. The van der Waals surface area contributed by atoms with Crippen LogP contribution in [0.2, 0.25) is 10.0 Å². The highest BCUT2D eigenvalue weighted by Gasteiger charge is 2.29. The molecule has 4 aromatic carbocycles. The third kappa shape index (κ3) is 13.1. The highest BCUT2D eigenvalue weighted by atomic mass is 35.5. The lowest BCUT2D eigenvalue weighted by Gasteiger charge is -2.34. The molecular weight excluding hydrogens is 1020 g/mol. The average molecular weight is 1100 g/mol. The molecule has 0 bridgehead atoms. The lowest BCUT2D eigenvalue weighted by Crippen LogP contribution is -2.42. The van der Waals surface area contributed by atoms with Gasteiger partial charge in [-0.15, -0.1) is 0 Å². The molecule has 8 aromatic rings. The highest BCUT2D eigenvalue weighted by molar-refractivity contribution is 6.36. The Morgan fingerprint density at radius 2 is 0.696 bits per heavy atom. The van der Waals surface area contributed by atoms with Crippen LogP contribution in [-0.4, -0.2) is 84.5 Å². The van der Waals surface area contributed by atoms with Crippen LogP contribution in [0.5, 0.6) is 11.5 Å². The summed E-state index contributed by atoms with van der Waals surface area (Å²) in [6.07, 6.45) is 21.6. The highest BCUT2D eigenvalue weighted by Crippen LogP contribution is 2.38. The van der Waals surface area contributed by atoms with Crippen molar-refractivity contribution in [3.05, 3.63) is 118 Å². The van der Waals surface area contributed by atoms with Gasteiger partial charge in [-0.05, 0) is 138 Å². The van der Waals surface area contributed by atoms with Crippen LogP contribution in [-0.2, 0) is 0 Å². The summed E-state index contributed by atoms with van der Waals surface area (Å²) < 4.78 is 10.9. The molecule has 0 spiro atoms. The second kappa shape index (κ2) is 25.3. The summed E-state index contributed by atoms with van der Waals surface area (Å²) in [5.41, 5.74) is 8.86. The Bertz CT molecular complexity index is 3390. The summed E-state index contributed by atoms with van der Waals surface area (Å²) >= 11 is 13.2. The Labute approximate surface area is 476 Å². The molecule has 4 aromatic heterocycles. The Balaban J connectivity index is 0.000000156. The number of anilines is 6. The van der Waals surface area contributed by atoms with Gasteiger partial charge in [0.2, 0.25) is 0 Å². The van der Waals surface area contributed by atoms with Crippen LogP contribution in [0.3, 0.4) is 0 Å². The maximum atomic E-state index is 6.58. The van der Waals surface area contributed by atoms with Gasteiger partial charge in [0.15, 0.2) is 0 Å². The maximum absolute atomic E-state index is 6.58. The molecule has 0 radical (unpaired) electrons. The molecule has 12 nitrogen and oxygen atoms in total. The van der Waals surface area contributed by atoms with E-state index in [2.05, 4.69) is 99.5 Å². The van der Waals surface area contributed by atoms with Crippen LogP contribution in [0.1, 0.15) is 120 Å². The molecule has 3 saturated carbocycles. The number of hydrogen-bond donors (Lipinski definition) is 4. The zero-order valence-electron chi connectivity index (χ0n) is 46.7. The normalized spacial score (nSPS) is 20.2. The van der Waals surface area contributed by atoms with Crippen LogP contribution in [0.25, 0.3) is 43.6 Å². The van der Waals surface area contributed by atoms with Gasteiger partial charge >= 0.3 is 0 Å². The number of rotatable bonds is 12. The maximum Gasteiger partial charge on any atom is 0.129 e. The second-order valence-electron chi connectivity index (χ2n) is 22.6. The van der Waals surface area contributed by atoms with Crippen molar-refractivity contribution in [2.24, 2.45) is 0 Å². The van der Waals surface area contributed by atoms with Crippen LogP contribution in [0.15, 0.2) is 97.1 Å². The van der Waals surface area contributed by atoms with E-state index < -0.39 is 0 Å². The molecule has 2 saturated heterocycles. The zero-order chi connectivity index (χ0) is 54.2. The molecule has 0 amide bonds. The number of benzene rings is 4. The van der Waals surface area contributed by atoms with Crippen molar-refractivity contribution in [3.8, 4) is 11.5 Å². The molecule has 4 N–H and O–H groups in total. The second-order valence-corrected chi connectivity index (χ2v) is 23.4. The first-order valence-electron chi connectivity index (χ1n) is 29.3. The third-order valence-corrected chi connectivity index (χ3v) is 17.4. The van der Waals surface area contributed by atoms with Gasteiger partial charge in [0, 0.05) is 95.4 Å². The molecular formula is C65H78Cl2N10O2. The number of ether oxygens (including phenoxy) is 2. The fraction of sp³-hybridized carbons (Fsp3) is 0.446. The first-order chi connectivity index (χ1) is 38.6. The summed E-state index contributed by atoms with van der Waals surface area (Å²) in [6.45, 7) is 8.66. The van der Waals surface area contributed by atoms with Crippen molar-refractivity contribution in [3.63, 3.8) is 0 Å². The summed E-state index contributed by atoms with van der Waals surface area (Å²) in [7, 11) is 3.38. The number of aryl methyl sites for hydroxylation is 2. The largest absolute Gasteiger partial charge is 0.497 e. The van der Waals surface area contributed by atoms with Gasteiger partial charge in [-0.3, -0.25) is 0 Å². The first kappa shape index (κ1) is 54.5. The minimum absolute atomic E-state index is 0.201. The minimum Gasteiger partial charge on any atom is -0.497 e. The van der Waals surface area contributed by atoms with E-state index in [9.17, 15) is 0 Å². The lowest BCUT2D eigenvalue weighted by molar-refractivity contribution is 0.415. The van der Waals surface area contributed by atoms with Crippen LogP contribution in [0, 0.1) is 13.8 Å². The van der Waals surface area contributed by atoms with Gasteiger partial charge in [0.05, 0.1) is 46.3 Å². The fourth-order valence-electron chi connectivity index (χ4n) is 12.6. The quantitative estimate of drug-likeness (QED) is 0.0931. The predicted molar refractivity (Wildman–Crippen MR) is 332 cm³/mol. The van der Waals surface area contributed by atoms with E-state index in [1.807, 2.05) is 42.5 Å². The van der Waals surface area contributed by atoms with Crippen molar-refractivity contribution in [2.75, 3.05) is 71.5 Å². The Morgan fingerprint density at radius 3 is 1.09 bits per heavy atom. The summed E-state index contributed by atoms with van der Waals surface area (Å²) in [4.78, 5) is 24.9. The zero-order valence-corrected chi connectivity index (χ0v) is 48.2. The van der Waals surface area contributed by atoms with E-state index in [1.54, 1.807) is 14.2 Å². The van der Waals surface area contributed by atoms with Gasteiger partial charge in [-0.1, -0.05) is 104 Å². The topological polar surface area (TPSA) is 125 Å². The molecule has 4 atom stereocenters. The molecule has 6 heterocycles. The summed E-state index contributed by atoms with van der Waals surface area (Å²) in [6, 6.07) is 34.2. The van der Waals surface area contributed by atoms with Gasteiger partial charge < -0.3 is 40.5 Å². The van der Waals surface area contributed by atoms with Crippen LogP contribution >= 0.6 is 23.2 Å². The molecule has 5 aliphatic rings. The van der Waals surface area contributed by atoms with Crippen molar-refractivity contribution in [1.82, 2.24) is 19.9 Å². The van der Waals surface area contributed by atoms with Gasteiger partial charge in [0.1, 0.15) is 34.8 Å². The SMILES string of the molecule is C1CCCC1.COc1ccc2nc(N[C@@H]3CCCC[C@H]3Nc3cc(Cl)c4cc(C)ccc4n3)cc(Cl)c2c1.COc1ccc2nc(N[C@@H]3CCCC[C@H]3Nc3cc(N4CCCC4)c4cc(C)ccc4n3)cc(N3CCCC3)c2c1. The molecule has 414 valence electrons. The number of methoxy groups -OCH3 is 2. The molecule has 3 aliphatic carbocycles. The number of nitrogens with one attached hydrogen (secondary N) is 4. The van der Waals surface area contributed by atoms with Gasteiger partial charge in [-0.25, -0.2) is 19.9 Å². The standard InChI is InChI=1S/C34H42N6O.C26H26Cl2N4O.C5H10/c1-23-11-13-27-25(19-23)31(39-15-5-6-16-39)21-33(35-27)37-29-9-3-4-10-30(29)38-34-22-32(40-17-7-8-18-40)26-20-24(41-2)12-14-28(26)36-34;1-15-7-9-21-17(11-15)19(27)13-25(29-21)31-23-5-3-4-6-24(23)32-26-14-20(28)18-12-16(33-2)8-10-22(18)30-26;1-2-4-5-3-1/h11-14,19-22,29-30H,3-10,15-18H2,1-2H3,(H,35,37)(H,36,38);7-14,23-24H,3-6H2,1-2H3,(H,29,31)(H,30,32);1-5H2/t29-,30-;23-,24-;/m11./s1. The number of fused-ring (bicyclic) bond motifs is 4. The van der Waals surface area contributed by atoms with E-state index in [4.69, 9.17) is 52.6 Å². The number of halogens is 2. The third-order valence-electron chi connectivity index (χ3n) is 16.8. The van der Waals surface area contributed by atoms with Crippen molar-refractivity contribution in [2.45, 2.75) is 147 Å². The summed E-state index contributed by atoms with van der Waals surface area (Å²) in [5, 5.41) is 20.7. The smallest absolute Gasteiger partial charge is 0.129 e. The average Bonchev–Trinajstić information content (AvgIpc) is 4.34. The lowest BCUT2D eigenvalue weighted by atomic mass is 9.90. The van der Waals surface area contributed by atoms with Crippen LogP contribution < -0.4 is 40.5 Å². The molecule has 5 fully saturated rings. The molecule has 13 rings (SSSR count). The van der Waals surface area contributed by atoms with E-state index in [0.717, 1.165) is 119 Å². The number of pyridine rings is 4. The first-order valence-corrected chi connectivity index (χ1v) is 30.1. The number of aromatic nitrogens is 4. The molecule has 0 unspecified atom stereocenters. The van der Waals surface area contributed by atoms with Gasteiger partial charge in [-0.2, -0.15) is 0 Å². The van der Waals surface area contributed by atoms with Crippen molar-refractivity contribution in [1.29, 1.82) is 0 Å². The van der Waals surface area contributed by atoms with Gasteiger partial charge in [0.25, 0.3) is 0 Å². The number of nitrogens with zero attached hydrogens (tertiary/aromatic N) is 6. The molecule has 2 aliphatic heterocycles. The molecule has 14 heteroatoms. The molecule has 79 heavy (non-hydrogen) atoms. The van der Waals surface area contributed by atoms with E-state index in [0.29, 0.717) is 10.0 Å². The van der Waals surface area contributed by atoms with E-state index in [-0.39, 0.29) is 24.2 Å². The van der Waals surface area contributed by atoms with E-state index >= 15 is 0 Å². The van der Waals surface area contributed by atoms with Crippen molar-refractivity contribution >= 4 is 101 Å². The Kier molecular flexibility index (Phi) is 17.4.